The molecule has 0 bridgehead atoms. The van der Waals surface area contributed by atoms with E-state index < -0.39 is 10.8 Å². The maximum Gasteiger partial charge on any atom is 0.0244 e. The van der Waals surface area contributed by atoms with E-state index in [0.29, 0.717) is 6.04 Å². The molecule has 1 aliphatic rings. The summed E-state index contributed by atoms with van der Waals surface area (Å²) in [4.78, 5) is 0. The summed E-state index contributed by atoms with van der Waals surface area (Å²) in [6.07, 6.45) is 5.25. The summed E-state index contributed by atoms with van der Waals surface area (Å²) in [5.74, 6) is 1.53. The highest BCUT2D eigenvalue weighted by atomic mass is 79.9. The van der Waals surface area contributed by atoms with Crippen molar-refractivity contribution >= 4 is 26.7 Å². The van der Waals surface area contributed by atoms with Crippen LogP contribution in [-0.2, 0) is 10.8 Å². The molecule has 4 heteroatoms. The quantitative estimate of drug-likeness (QED) is 0.813. The average Bonchev–Trinajstić information content (AvgIpc) is 2.28. The lowest BCUT2D eigenvalue weighted by atomic mass is 9.76. The molecule has 18 heavy (non-hydrogen) atoms. The number of rotatable bonds is 6. The number of nitrogens with one attached hydrogen (secondary N) is 1. The van der Waals surface area contributed by atoms with Gasteiger partial charge in [0.15, 0.2) is 0 Å². The normalized spacial score (nSPS) is 24.6. The molecule has 1 aromatic rings. The minimum Gasteiger partial charge on any atom is -0.314 e. The monoisotopic (exact) mass is 329 g/mol. The molecule has 0 saturated heterocycles. The van der Waals surface area contributed by atoms with E-state index in [0.717, 1.165) is 29.1 Å². The first-order valence-electron chi connectivity index (χ1n) is 6.44. The molecule has 0 aliphatic heterocycles. The van der Waals surface area contributed by atoms with Gasteiger partial charge in [0.25, 0.3) is 0 Å². The van der Waals surface area contributed by atoms with Gasteiger partial charge in [-0.05, 0) is 49.4 Å². The van der Waals surface area contributed by atoms with Crippen LogP contribution in [0.1, 0.15) is 30.7 Å². The fraction of sp³-hybridized carbons (Fsp3) is 0.571. The Morgan fingerprint density at radius 2 is 2.00 bits per heavy atom. The topological polar surface area (TPSA) is 29.1 Å². The Morgan fingerprint density at radius 3 is 2.61 bits per heavy atom. The van der Waals surface area contributed by atoms with Crippen molar-refractivity contribution in [3.63, 3.8) is 0 Å². The summed E-state index contributed by atoms with van der Waals surface area (Å²) >= 11 is 3.46. The van der Waals surface area contributed by atoms with Crippen LogP contribution >= 0.6 is 15.9 Å². The third-order valence-electron chi connectivity index (χ3n) is 3.52. The standard InChI is InChI=1S/C14H20BrNOS/c1-18(17)8-2-7-16-14-9-12(10-14)11-3-5-13(15)6-4-11/h3-6,12,14,16H,2,7-10H2,1H3. The average molecular weight is 330 g/mol. The molecular formula is C14H20BrNOS. The Labute approximate surface area is 120 Å². The first-order valence-corrected chi connectivity index (χ1v) is 8.96. The van der Waals surface area contributed by atoms with Gasteiger partial charge in [-0.3, -0.25) is 4.21 Å². The summed E-state index contributed by atoms with van der Waals surface area (Å²) in [6.45, 7) is 0.997. The molecule has 2 nitrogen and oxygen atoms in total. The number of halogens is 1. The Morgan fingerprint density at radius 1 is 1.33 bits per heavy atom. The summed E-state index contributed by atoms with van der Waals surface area (Å²) in [6, 6.07) is 9.32. The Kier molecular flexibility index (Phi) is 5.39. The van der Waals surface area contributed by atoms with Crippen molar-refractivity contribution in [2.45, 2.75) is 31.2 Å². The zero-order valence-electron chi connectivity index (χ0n) is 10.7. The van der Waals surface area contributed by atoms with E-state index in [4.69, 9.17) is 0 Å². The molecule has 1 atom stereocenters. The van der Waals surface area contributed by atoms with Crippen molar-refractivity contribution in [1.29, 1.82) is 0 Å². The first-order chi connectivity index (χ1) is 8.65. The summed E-state index contributed by atoms with van der Waals surface area (Å²) in [5.41, 5.74) is 1.45. The highest BCUT2D eigenvalue weighted by Gasteiger charge is 2.29. The molecule has 2 rings (SSSR count). The second kappa shape index (κ2) is 6.83. The molecule has 0 aromatic heterocycles. The van der Waals surface area contributed by atoms with Crippen LogP contribution in [0.2, 0.25) is 0 Å². The molecule has 1 unspecified atom stereocenters. The van der Waals surface area contributed by atoms with E-state index in [1.807, 2.05) is 0 Å². The van der Waals surface area contributed by atoms with E-state index in [1.54, 1.807) is 6.26 Å². The molecule has 1 fully saturated rings. The number of hydrogen-bond donors (Lipinski definition) is 1. The fourth-order valence-corrected chi connectivity index (χ4v) is 3.19. The number of hydrogen-bond acceptors (Lipinski definition) is 2. The van der Waals surface area contributed by atoms with Crippen molar-refractivity contribution in [2.24, 2.45) is 0 Å². The molecule has 0 amide bonds. The van der Waals surface area contributed by atoms with Crippen LogP contribution in [0.5, 0.6) is 0 Å². The van der Waals surface area contributed by atoms with Crippen molar-refractivity contribution in [3.8, 4) is 0 Å². The second-order valence-corrected chi connectivity index (χ2v) is 7.47. The Balaban J connectivity index is 1.64. The third kappa shape index (κ3) is 4.18. The van der Waals surface area contributed by atoms with Gasteiger partial charge in [-0.1, -0.05) is 28.1 Å². The van der Waals surface area contributed by atoms with Crippen LogP contribution < -0.4 is 5.32 Å². The van der Waals surface area contributed by atoms with Crippen molar-refractivity contribution in [2.75, 3.05) is 18.6 Å². The highest BCUT2D eigenvalue weighted by molar-refractivity contribution is 9.10. The predicted octanol–water partition coefficient (Wildman–Crippen LogP) is 3.05. The van der Waals surface area contributed by atoms with Crippen molar-refractivity contribution in [3.05, 3.63) is 34.3 Å². The maximum absolute atomic E-state index is 10.9. The van der Waals surface area contributed by atoms with Crippen LogP contribution in [0.3, 0.4) is 0 Å². The van der Waals surface area contributed by atoms with Gasteiger partial charge in [-0.15, -0.1) is 0 Å². The first kappa shape index (κ1) is 14.2. The van der Waals surface area contributed by atoms with Gasteiger partial charge in [0.2, 0.25) is 0 Å². The summed E-state index contributed by atoms with van der Waals surface area (Å²) in [5, 5.41) is 3.54. The largest absolute Gasteiger partial charge is 0.314 e. The van der Waals surface area contributed by atoms with Gasteiger partial charge < -0.3 is 5.32 Å². The smallest absolute Gasteiger partial charge is 0.0244 e. The fourth-order valence-electron chi connectivity index (χ4n) is 2.37. The molecule has 0 spiro atoms. The van der Waals surface area contributed by atoms with Crippen LogP contribution in [0.25, 0.3) is 0 Å². The molecule has 0 heterocycles. The predicted molar refractivity (Wildman–Crippen MR) is 81.5 cm³/mol. The SMILES string of the molecule is CS(=O)CCCNC1CC(c2ccc(Br)cc2)C1. The molecular weight excluding hydrogens is 310 g/mol. The van der Waals surface area contributed by atoms with Crippen molar-refractivity contribution < 1.29 is 4.21 Å². The zero-order chi connectivity index (χ0) is 13.0. The van der Waals surface area contributed by atoms with Crippen LogP contribution in [0.15, 0.2) is 28.7 Å². The molecule has 0 radical (unpaired) electrons. The van der Waals surface area contributed by atoms with E-state index in [9.17, 15) is 4.21 Å². The van der Waals surface area contributed by atoms with E-state index >= 15 is 0 Å². The Hall–Kier alpha value is -0.190. The summed E-state index contributed by atoms with van der Waals surface area (Å²) in [7, 11) is -0.648. The maximum atomic E-state index is 10.9. The van der Waals surface area contributed by atoms with Crippen LogP contribution in [0.4, 0.5) is 0 Å². The van der Waals surface area contributed by atoms with Crippen LogP contribution in [-0.4, -0.2) is 28.8 Å². The molecule has 1 aromatic carbocycles. The summed E-state index contributed by atoms with van der Waals surface area (Å²) < 4.78 is 12.1. The lowest BCUT2D eigenvalue weighted by molar-refractivity contribution is 0.292. The number of benzene rings is 1. The molecule has 1 N–H and O–H groups in total. The van der Waals surface area contributed by atoms with Gasteiger partial charge in [0.05, 0.1) is 0 Å². The van der Waals surface area contributed by atoms with Crippen LogP contribution in [0, 0.1) is 0 Å². The lowest BCUT2D eigenvalue weighted by Crippen LogP contribution is -2.40. The van der Waals surface area contributed by atoms with E-state index in [-0.39, 0.29) is 0 Å². The minimum atomic E-state index is -0.648. The highest BCUT2D eigenvalue weighted by Crippen LogP contribution is 2.37. The molecule has 100 valence electrons. The van der Waals surface area contributed by atoms with E-state index in [1.165, 1.54) is 18.4 Å². The third-order valence-corrected chi connectivity index (χ3v) is 4.91. The van der Waals surface area contributed by atoms with Gasteiger partial charge in [0.1, 0.15) is 0 Å². The molecule has 1 saturated carbocycles. The lowest BCUT2D eigenvalue weighted by Gasteiger charge is -2.36. The van der Waals surface area contributed by atoms with Gasteiger partial charge in [-0.25, -0.2) is 0 Å². The van der Waals surface area contributed by atoms with Gasteiger partial charge in [-0.2, -0.15) is 0 Å². The minimum absolute atomic E-state index is 0.648. The van der Waals surface area contributed by atoms with Gasteiger partial charge >= 0.3 is 0 Å². The van der Waals surface area contributed by atoms with Gasteiger partial charge in [0, 0.05) is 33.3 Å². The molecule has 1 aliphatic carbocycles. The second-order valence-electron chi connectivity index (χ2n) is 5.00. The Bertz CT molecular complexity index is 401. The van der Waals surface area contributed by atoms with Crippen molar-refractivity contribution in [1.82, 2.24) is 5.32 Å². The zero-order valence-corrected chi connectivity index (χ0v) is 13.1. The van der Waals surface area contributed by atoms with E-state index in [2.05, 4.69) is 45.5 Å².